The summed E-state index contributed by atoms with van der Waals surface area (Å²) in [7, 11) is -9.91. The van der Waals surface area contributed by atoms with E-state index in [9.17, 15) is 43.2 Å². The van der Waals surface area contributed by atoms with Crippen LogP contribution in [0.25, 0.3) is 0 Å². The van der Waals surface area contributed by atoms with E-state index in [0.29, 0.717) is 25.7 Å². The second-order valence-electron chi connectivity index (χ2n) is 28.2. The molecule has 0 aliphatic carbocycles. The average Bonchev–Trinajstić information content (AvgIpc) is 1.18. The van der Waals surface area contributed by atoms with Crippen molar-refractivity contribution in [3.63, 3.8) is 0 Å². The van der Waals surface area contributed by atoms with Gasteiger partial charge in [-0.15, -0.1) is 0 Å². The number of aliphatic hydroxyl groups is 1. The Balaban J connectivity index is 5.22. The molecule has 570 valence electrons. The molecule has 0 aliphatic rings. The normalized spacial score (nSPS) is 13.9. The van der Waals surface area contributed by atoms with Crippen LogP contribution in [-0.4, -0.2) is 96.7 Å². The summed E-state index contributed by atoms with van der Waals surface area (Å²) in [5.74, 6) is -1.39. The Bertz CT molecular complexity index is 1840. The van der Waals surface area contributed by atoms with Crippen molar-refractivity contribution in [2.45, 2.75) is 425 Å². The lowest BCUT2D eigenvalue weighted by Crippen LogP contribution is -2.30. The van der Waals surface area contributed by atoms with E-state index in [4.69, 9.17) is 37.0 Å². The molecule has 0 saturated heterocycles. The number of hydrogen-bond donors (Lipinski definition) is 3. The van der Waals surface area contributed by atoms with Crippen molar-refractivity contribution < 1.29 is 80.2 Å². The number of esters is 4. The molecule has 0 aromatic heterocycles. The Hall–Kier alpha value is -1.94. The zero-order chi connectivity index (χ0) is 70.5. The molecule has 0 spiro atoms. The molecule has 19 heteroatoms. The van der Waals surface area contributed by atoms with Gasteiger partial charge in [0.1, 0.15) is 19.3 Å². The van der Waals surface area contributed by atoms with Crippen LogP contribution < -0.4 is 0 Å². The van der Waals surface area contributed by atoms with E-state index in [1.165, 1.54) is 231 Å². The van der Waals surface area contributed by atoms with E-state index in [1.54, 1.807) is 0 Å². The highest BCUT2D eigenvalue weighted by atomic mass is 31.2. The lowest BCUT2D eigenvalue weighted by molar-refractivity contribution is -0.161. The number of unbranched alkanes of at least 4 members (excludes halogenated alkanes) is 49. The average molecular weight is 1410 g/mol. The van der Waals surface area contributed by atoms with Crippen LogP contribution in [0.3, 0.4) is 0 Å². The molecule has 3 N–H and O–H groups in total. The molecule has 0 fully saturated rings. The maximum absolute atomic E-state index is 13.1. The van der Waals surface area contributed by atoms with Gasteiger partial charge in [0.25, 0.3) is 0 Å². The molecule has 0 rings (SSSR count). The minimum Gasteiger partial charge on any atom is -0.462 e. The first-order valence-corrected chi connectivity index (χ1v) is 43.1. The van der Waals surface area contributed by atoms with Crippen molar-refractivity contribution in [3.8, 4) is 0 Å². The molecule has 0 amide bonds. The summed E-state index contributed by atoms with van der Waals surface area (Å²) in [4.78, 5) is 72.8. The highest BCUT2D eigenvalue weighted by molar-refractivity contribution is 7.47. The molecular weight excluding hydrogens is 1260 g/mol. The van der Waals surface area contributed by atoms with Crippen molar-refractivity contribution in [2.24, 2.45) is 5.92 Å². The number of phosphoric ester groups is 2. The topological polar surface area (TPSA) is 237 Å². The molecule has 96 heavy (non-hydrogen) atoms. The lowest BCUT2D eigenvalue weighted by atomic mass is 10.0. The van der Waals surface area contributed by atoms with E-state index in [1.807, 2.05) is 0 Å². The van der Waals surface area contributed by atoms with Crippen LogP contribution in [0.2, 0.25) is 0 Å². The van der Waals surface area contributed by atoms with Gasteiger partial charge in [0.05, 0.1) is 26.4 Å². The second-order valence-corrected chi connectivity index (χ2v) is 31.1. The van der Waals surface area contributed by atoms with E-state index >= 15 is 0 Å². The standard InChI is InChI=1S/C77H150O17P2/c1-6-9-12-15-18-21-24-26-28-30-32-34-36-38-41-47-52-57-62-76(81)93-72(66-88-75(80)61-56-51-46-40-37-35-33-31-29-27-25-22-19-16-13-10-7-2)68-91-95(83,84)89-64-71(78)65-90-96(85,86)92-69-73(67-87-74(79)60-55-50-45-39-23-20-17-14-11-8-3)94-77(82)63-58-53-48-43-42-44-49-54-59-70(4)5/h70-73,78H,6-69H2,1-5H3,(H,83,84)(H,85,86)/t71-,72-,73-/m1/s1. The summed E-state index contributed by atoms with van der Waals surface area (Å²) in [6.45, 7) is 7.25. The number of rotatable bonds is 77. The van der Waals surface area contributed by atoms with E-state index in [0.717, 1.165) is 95.8 Å². The Morgan fingerprint density at radius 3 is 0.708 bits per heavy atom. The van der Waals surface area contributed by atoms with Gasteiger partial charge in [0, 0.05) is 25.7 Å². The van der Waals surface area contributed by atoms with Gasteiger partial charge >= 0.3 is 39.5 Å². The Kier molecular flexibility index (Phi) is 68.7. The fourth-order valence-electron chi connectivity index (χ4n) is 11.9. The monoisotopic (exact) mass is 1410 g/mol. The van der Waals surface area contributed by atoms with Crippen LogP contribution >= 0.6 is 15.6 Å². The molecular formula is C77H150O17P2. The van der Waals surface area contributed by atoms with Crippen molar-refractivity contribution in [1.82, 2.24) is 0 Å². The van der Waals surface area contributed by atoms with E-state index in [2.05, 4.69) is 34.6 Å². The van der Waals surface area contributed by atoms with Gasteiger partial charge in [-0.3, -0.25) is 37.3 Å². The molecule has 5 atom stereocenters. The van der Waals surface area contributed by atoms with Crippen LogP contribution in [0.4, 0.5) is 0 Å². The van der Waals surface area contributed by atoms with Gasteiger partial charge in [-0.25, -0.2) is 9.13 Å². The summed E-state index contributed by atoms with van der Waals surface area (Å²) in [5, 5.41) is 10.6. The van der Waals surface area contributed by atoms with Crippen LogP contribution in [-0.2, 0) is 65.4 Å². The first kappa shape index (κ1) is 94.1. The molecule has 2 unspecified atom stereocenters. The second kappa shape index (κ2) is 70.1. The zero-order valence-electron chi connectivity index (χ0n) is 62.5. The smallest absolute Gasteiger partial charge is 0.462 e. The SMILES string of the molecule is CCCCCCCCCCCCCCCCCCCCC(=O)O[C@H](COC(=O)CCCCCCCCCCCCCCCCCCC)COP(=O)(O)OC[C@@H](O)COP(=O)(O)OC[C@@H](COC(=O)CCCCCCCCCCCC)OC(=O)CCCCCCCCCCC(C)C. The van der Waals surface area contributed by atoms with Gasteiger partial charge in [-0.2, -0.15) is 0 Å². The largest absolute Gasteiger partial charge is 0.472 e. The highest BCUT2D eigenvalue weighted by Crippen LogP contribution is 2.45. The summed E-state index contributed by atoms with van der Waals surface area (Å²) >= 11 is 0. The van der Waals surface area contributed by atoms with Crippen LogP contribution in [0.5, 0.6) is 0 Å². The highest BCUT2D eigenvalue weighted by Gasteiger charge is 2.30. The molecule has 0 aromatic rings. The van der Waals surface area contributed by atoms with Gasteiger partial charge in [0.15, 0.2) is 12.2 Å². The van der Waals surface area contributed by atoms with E-state index < -0.39 is 97.5 Å². The van der Waals surface area contributed by atoms with Gasteiger partial charge < -0.3 is 33.8 Å². The molecule has 0 saturated carbocycles. The number of ether oxygens (including phenoxy) is 4. The number of phosphoric acid groups is 2. The Morgan fingerprint density at radius 2 is 0.479 bits per heavy atom. The Morgan fingerprint density at radius 1 is 0.281 bits per heavy atom. The summed E-state index contributed by atoms with van der Waals surface area (Å²) in [5.41, 5.74) is 0. The first-order chi connectivity index (χ1) is 46.5. The predicted molar refractivity (Wildman–Crippen MR) is 391 cm³/mol. The molecule has 17 nitrogen and oxygen atoms in total. The fourth-order valence-corrected chi connectivity index (χ4v) is 13.5. The number of carbonyl (C=O) groups is 4. The summed E-state index contributed by atoms with van der Waals surface area (Å²) in [6.07, 6.45) is 59.7. The maximum atomic E-state index is 13.1. The van der Waals surface area contributed by atoms with Crippen LogP contribution in [0.1, 0.15) is 407 Å². The third-order valence-corrected chi connectivity index (χ3v) is 19.9. The van der Waals surface area contributed by atoms with Crippen molar-refractivity contribution >= 4 is 39.5 Å². The van der Waals surface area contributed by atoms with Crippen molar-refractivity contribution in [1.29, 1.82) is 0 Å². The number of aliphatic hydroxyl groups excluding tert-OH is 1. The molecule has 0 aromatic carbocycles. The quantitative estimate of drug-likeness (QED) is 0.0222. The molecule has 0 bridgehead atoms. The minimum atomic E-state index is -4.96. The number of hydrogen-bond acceptors (Lipinski definition) is 15. The Labute approximate surface area is 588 Å². The summed E-state index contributed by atoms with van der Waals surface area (Å²) < 4.78 is 68.5. The molecule has 0 radical (unpaired) electrons. The lowest BCUT2D eigenvalue weighted by Gasteiger charge is -2.21. The predicted octanol–water partition coefficient (Wildman–Crippen LogP) is 22.9. The van der Waals surface area contributed by atoms with Crippen molar-refractivity contribution in [2.75, 3.05) is 39.6 Å². The van der Waals surface area contributed by atoms with Crippen LogP contribution in [0, 0.1) is 5.92 Å². The molecule has 0 aliphatic heterocycles. The third kappa shape index (κ3) is 70.5. The first-order valence-electron chi connectivity index (χ1n) is 40.1. The van der Waals surface area contributed by atoms with Crippen LogP contribution in [0.15, 0.2) is 0 Å². The van der Waals surface area contributed by atoms with Gasteiger partial charge in [-0.05, 0) is 31.6 Å². The fraction of sp³-hybridized carbons (Fsp3) is 0.948. The summed E-state index contributed by atoms with van der Waals surface area (Å²) in [6, 6.07) is 0. The minimum absolute atomic E-state index is 0.105. The van der Waals surface area contributed by atoms with Gasteiger partial charge in [-0.1, -0.05) is 356 Å². The van der Waals surface area contributed by atoms with Crippen molar-refractivity contribution in [3.05, 3.63) is 0 Å². The maximum Gasteiger partial charge on any atom is 0.472 e. The van der Waals surface area contributed by atoms with E-state index in [-0.39, 0.29) is 25.7 Å². The molecule has 0 heterocycles. The zero-order valence-corrected chi connectivity index (χ0v) is 64.3. The third-order valence-electron chi connectivity index (χ3n) is 18.0. The van der Waals surface area contributed by atoms with Gasteiger partial charge in [0.2, 0.25) is 0 Å². The number of carbonyl (C=O) groups excluding carboxylic acids is 4.